The zero-order valence-corrected chi connectivity index (χ0v) is 17.5. The van der Waals surface area contributed by atoms with Crippen molar-refractivity contribution in [2.75, 3.05) is 19.9 Å². The van der Waals surface area contributed by atoms with E-state index < -0.39 is 20.6 Å². The molecule has 3 heterocycles. The lowest BCUT2D eigenvalue weighted by Crippen LogP contribution is -2.39. The van der Waals surface area contributed by atoms with Gasteiger partial charge in [0.1, 0.15) is 0 Å². The van der Waals surface area contributed by atoms with Gasteiger partial charge in [0.25, 0.3) is 5.69 Å². The van der Waals surface area contributed by atoms with Crippen molar-refractivity contribution in [3.05, 3.63) is 58.5 Å². The van der Waals surface area contributed by atoms with Crippen molar-refractivity contribution >= 4 is 15.7 Å². The molecule has 2 aliphatic rings. The van der Waals surface area contributed by atoms with Crippen LogP contribution in [0, 0.1) is 10.1 Å². The molecule has 0 spiro atoms. The third-order valence-corrected chi connectivity index (χ3v) is 7.39. The number of piperidine rings is 1. The van der Waals surface area contributed by atoms with Crippen LogP contribution >= 0.6 is 0 Å². The summed E-state index contributed by atoms with van der Waals surface area (Å²) in [6.07, 6.45) is 1.22. The summed E-state index contributed by atoms with van der Waals surface area (Å²) in [6.45, 7) is 0.505. The molecule has 2 aliphatic heterocycles. The molecular weight excluding hydrogens is 440 g/mol. The van der Waals surface area contributed by atoms with Gasteiger partial charge in [0.15, 0.2) is 16.4 Å². The fourth-order valence-electron chi connectivity index (χ4n) is 3.87. The van der Waals surface area contributed by atoms with E-state index in [9.17, 15) is 18.5 Å². The number of hydrogen-bond acceptors (Lipinski definition) is 9. The molecule has 0 radical (unpaired) electrons. The molecule has 1 fully saturated rings. The van der Waals surface area contributed by atoms with Crippen LogP contribution in [0.15, 0.2) is 51.8 Å². The second kappa shape index (κ2) is 7.88. The zero-order valence-electron chi connectivity index (χ0n) is 16.7. The van der Waals surface area contributed by atoms with Crippen molar-refractivity contribution in [1.29, 1.82) is 0 Å². The van der Waals surface area contributed by atoms with Crippen molar-refractivity contribution in [2.24, 2.45) is 0 Å². The Morgan fingerprint density at radius 2 is 1.91 bits per heavy atom. The summed E-state index contributed by atoms with van der Waals surface area (Å²) in [6, 6.07) is 10.6. The van der Waals surface area contributed by atoms with E-state index in [1.54, 1.807) is 18.2 Å². The molecule has 32 heavy (non-hydrogen) atoms. The highest BCUT2D eigenvalue weighted by Crippen LogP contribution is 2.37. The first-order valence-electron chi connectivity index (χ1n) is 9.90. The van der Waals surface area contributed by atoms with Crippen molar-refractivity contribution < 1.29 is 27.2 Å². The van der Waals surface area contributed by atoms with E-state index in [0.29, 0.717) is 35.8 Å². The van der Waals surface area contributed by atoms with Gasteiger partial charge in [-0.1, -0.05) is 12.1 Å². The lowest BCUT2D eigenvalue weighted by atomic mass is 10.00. The number of aromatic nitrogens is 2. The standard InChI is InChI=1S/C20H18N4O7S/c25-24(26)15-5-1-2-6-18(15)32(27,28)23-9-3-4-14(11-23)20-22-21-19(31-20)13-7-8-16-17(10-13)30-12-29-16/h1-2,5-8,10,14H,3-4,9,11-12H2. The van der Waals surface area contributed by atoms with Gasteiger partial charge in [-0.25, -0.2) is 8.42 Å². The summed E-state index contributed by atoms with van der Waals surface area (Å²) in [4.78, 5) is 10.3. The molecule has 12 heteroatoms. The van der Waals surface area contributed by atoms with Crippen LogP contribution in [0.2, 0.25) is 0 Å². The van der Waals surface area contributed by atoms with Crippen LogP contribution in [0.3, 0.4) is 0 Å². The molecule has 0 amide bonds. The summed E-state index contributed by atoms with van der Waals surface area (Å²) in [7, 11) is -4.06. The first-order chi connectivity index (χ1) is 15.4. The van der Waals surface area contributed by atoms with Gasteiger partial charge in [-0.05, 0) is 37.1 Å². The van der Waals surface area contributed by atoms with Gasteiger partial charge in [0.2, 0.25) is 28.6 Å². The molecule has 11 nitrogen and oxygen atoms in total. The highest BCUT2D eigenvalue weighted by atomic mass is 32.2. The summed E-state index contributed by atoms with van der Waals surface area (Å²) in [5.74, 6) is 1.51. The molecule has 0 N–H and O–H groups in total. The van der Waals surface area contributed by atoms with E-state index in [1.807, 2.05) is 0 Å². The largest absolute Gasteiger partial charge is 0.454 e. The molecular formula is C20H18N4O7S. The smallest absolute Gasteiger partial charge is 0.289 e. The van der Waals surface area contributed by atoms with Crippen LogP contribution in [0.25, 0.3) is 11.5 Å². The van der Waals surface area contributed by atoms with Crippen LogP contribution in [0.1, 0.15) is 24.7 Å². The summed E-state index contributed by atoms with van der Waals surface area (Å²) < 4.78 is 44.1. The Balaban J connectivity index is 1.39. The summed E-state index contributed by atoms with van der Waals surface area (Å²) in [5.41, 5.74) is 0.214. The number of nitro groups is 1. The van der Waals surface area contributed by atoms with Gasteiger partial charge < -0.3 is 13.9 Å². The minimum Gasteiger partial charge on any atom is -0.454 e. The maximum absolute atomic E-state index is 13.2. The first-order valence-corrected chi connectivity index (χ1v) is 11.3. The fraction of sp³-hybridized carbons (Fsp3) is 0.300. The molecule has 1 atom stereocenters. The maximum Gasteiger partial charge on any atom is 0.289 e. The second-order valence-corrected chi connectivity index (χ2v) is 9.35. The Morgan fingerprint density at radius 1 is 1.09 bits per heavy atom. The second-order valence-electron chi connectivity index (χ2n) is 7.44. The average Bonchev–Trinajstić information content (AvgIpc) is 3.48. The number of nitrogens with zero attached hydrogens (tertiary/aromatic N) is 4. The maximum atomic E-state index is 13.2. The highest BCUT2D eigenvalue weighted by Gasteiger charge is 2.36. The van der Waals surface area contributed by atoms with E-state index in [2.05, 4.69) is 10.2 Å². The van der Waals surface area contributed by atoms with Crippen molar-refractivity contribution in [1.82, 2.24) is 14.5 Å². The van der Waals surface area contributed by atoms with E-state index in [4.69, 9.17) is 13.9 Å². The molecule has 0 aliphatic carbocycles. The minimum atomic E-state index is -4.06. The lowest BCUT2D eigenvalue weighted by molar-refractivity contribution is -0.387. The first kappa shape index (κ1) is 20.4. The third-order valence-electron chi connectivity index (χ3n) is 5.47. The number of fused-ring (bicyclic) bond motifs is 1. The topological polar surface area (TPSA) is 138 Å². The van der Waals surface area contributed by atoms with Crippen molar-refractivity contribution in [3.63, 3.8) is 0 Å². The average molecular weight is 458 g/mol. The van der Waals surface area contributed by atoms with Crippen LogP contribution in [0.4, 0.5) is 5.69 Å². The van der Waals surface area contributed by atoms with Gasteiger partial charge in [-0.15, -0.1) is 10.2 Å². The fourth-order valence-corrected chi connectivity index (χ4v) is 5.55. The molecule has 0 bridgehead atoms. The van der Waals surface area contributed by atoms with Gasteiger partial charge in [0.05, 0.1) is 10.8 Å². The molecule has 1 unspecified atom stereocenters. The normalized spacial score (nSPS) is 18.6. The Bertz CT molecular complexity index is 1290. The van der Waals surface area contributed by atoms with Crippen LogP contribution < -0.4 is 9.47 Å². The Labute approximate surface area is 182 Å². The highest BCUT2D eigenvalue weighted by molar-refractivity contribution is 7.89. The Hall–Kier alpha value is -3.51. The number of sulfonamides is 1. The van der Waals surface area contributed by atoms with E-state index >= 15 is 0 Å². The monoisotopic (exact) mass is 458 g/mol. The number of benzene rings is 2. The molecule has 2 aromatic carbocycles. The summed E-state index contributed by atoms with van der Waals surface area (Å²) >= 11 is 0. The number of para-hydroxylation sites is 1. The minimum absolute atomic E-state index is 0.0944. The van der Waals surface area contributed by atoms with Gasteiger partial charge >= 0.3 is 0 Å². The number of ether oxygens (including phenoxy) is 2. The lowest BCUT2D eigenvalue weighted by Gasteiger charge is -2.30. The summed E-state index contributed by atoms with van der Waals surface area (Å²) in [5, 5.41) is 19.5. The molecule has 1 aromatic heterocycles. The number of rotatable bonds is 5. The molecule has 166 valence electrons. The van der Waals surface area contributed by atoms with Crippen LogP contribution in [-0.4, -0.2) is 47.7 Å². The predicted molar refractivity (Wildman–Crippen MR) is 110 cm³/mol. The number of nitro benzene ring substituents is 1. The number of hydrogen-bond donors (Lipinski definition) is 0. The Morgan fingerprint density at radius 3 is 2.75 bits per heavy atom. The predicted octanol–water partition coefficient (Wildman–Crippen LogP) is 2.94. The van der Waals surface area contributed by atoms with Gasteiger partial charge in [-0.3, -0.25) is 10.1 Å². The van der Waals surface area contributed by atoms with Gasteiger partial charge in [-0.2, -0.15) is 4.31 Å². The zero-order chi connectivity index (χ0) is 22.3. The molecule has 3 aromatic rings. The van der Waals surface area contributed by atoms with Gasteiger partial charge in [0, 0.05) is 24.7 Å². The van der Waals surface area contributed by atoms with E-state index in [1.165, 1.54) is 28.6 Å². The van der Waals surface area contributed by atoms with Crippen LogP contribution in [-0.2, 0) is 10.0 Å². The van der Waals surface area contributed by atoms with E-state index in [-0.39, 0.29) is 36.6 Å². The van der Waals surface area contributed by atoms with E-state index in [0.717, 1.165) is 0 Å². The third kappa shape index (κ3) is 3.56. The molecule has 0 saturated carbocycles. The van der Waals surface area contributed by atoms with Crippen molar-refractivity contribution in [2.45, 2.75) is 23.7 Å². The Kier molecular flexibility index (Phi) is 5.02. The quantitative estimate of drug-likeness (QED) is 0.417. The molecule has 1 saturated heterocycles. The van der Waals surface area contributed by atoms with Crippen LogP contribution in [0.5, 0.6) is 11.5 Å². The SMILES string of the molecule is O=[N+]([O-])c1ccccc1S(=O)(=O)N1CCCC(c2nnc(-c3ccc4c(c3)OCO4)o2)C1. The van der Waals surface area contributed by atoms with Crippen molar-refractivity contribution in [3.8, 4) is 23.0 Å². The molecule has 5 rings (SSSR count).